The Morgan fingerprint density at radius 1 is 0.959 bits per heavy atom. The molecule has 0 spiro atoms. The van der Waals surface area contributed by atoms with Crippen molar-refractivity contribution in [2.45, 2.75) is 62.0 Å². The van der Waals surface area contributed by atoms with Gasteiger partial charge in [0, 0.05) is 49.8 Å². The minimum absolute atomic E-state index is 0.202. The van der Waals surface area contributed by atoms with Gasteiger partial charge >= 0.3 is 0 Å². The van der Waals surface area contributed by atoms with E-state index in [0.29, 0.717) is 42.8 Å². The fourth-order valence-electron chi connectivity index (χ4n) is 7.37. The summed E-state index contributed by atoms with van der Waals surface area (Å²) in [5, 5.41) is 15.3. The van der Waals surface area contributed by atoms with Gasteiger partial charge in [0.1, 0.15) is 11.9 Å². The van der Waals surface area contributed by atoms with Crippen molar-refractivity contribution in [3.8, 4) is 0 Å². The Bertz CT molecular complexity index is 1690. The highest BCUT2D eigenvalue weighted by molar-refractivity contribution is 6.30. The van der Waals surface area contributed by atoms with Crippen molar-refractivity contribution in [3.63, 3.8) is 0 Å². The molecule has 256 valence electrons. The van der Waals surface area contributed by atoms with Gasteiger partial charge in [0.2, 0.25) is 5.91 Å². The van der Waals surface area contributed by atoms with Crippen molar-refractivity contribution in [3.05, 3.63) is 131 Å². The smallest absolute Gasteiger partial charge is 0.256 e. The van der Waals surface area contributed by atoms with Gasteiger partial charge in [-0.1, -0.05) is 41.9 Å². The van der Waals surface area contributed by atoms with Crippen LogP contribution in [0, 0.1) is 5.82 Å². The van der Waals surface area contributed by atoms with Crippen LogP contribution in [0.4, 0.5) is 4.39 Å². The Kier molecular flexibility index (Phi) is 11.0. The predicted molar refractivity (Wildman–Crippen MR) is 188 cm³/mol. The SMILES string of the molecule is O=C(NCC(CCCN1CCC(O)(c2ccc(Cl)cc2)CC1)(c1ccc(F)cc1)c1ccccn1)C1CCCCN1C(=O)c1cccnc1. The molecule has 0 saturated carbocycles. The van der Waals surface area contributed by atoms with Gasteiger partial charge in [-0.2, -0.15) is 0 Å². The lowest BCUT2D eigenvalue weighted by Gasteiger charge is -2.40. The molecule has 2 aliphatic rings. The predicted octanol–water partition coefficient (Wildman–Crippen LogP) is 6.13. The first-order valence-corrected chi connectivity index (χ1v) is 17.5. The van der Waals surface area contributed by atoms with E-state index >= 15 is 0 Å². The summed E-state index contributed by atoms with van der Waals surface area (Å²) in [6, 6.07) is 22.5. The maximum atomic E-state index is 14.2. The Hall–Kier alpha value is -4.18. The molecule has 2 aliphatic heterocycles. The molecule has 2 fully saturated rings. The summed E-state index contributed by atoms with van der Waals surface area (Å²) in [5.74, 6) is -0.750. The number of rotatable bonds is 11. The van der Waals surface area contributed by atoms with Crippen LogP contribution in [-0.2, 0) is 15.8 Å². The molecule has 2 atom stereocenters. The minimum atomic E-state index is -0.886. The molecule has 10 heteroatoms. The Labute approximate surface area is 292 Å². The van der Waals surface area contributed by atoms with E-state index < -0.39 is 17.1 Å². The molecule has 0 bridgehead atoms. The Morgan fingerprint density at radius 2 is 1.73 bits per heavy atom. The van der Waals surface area contributed by atoms with Gasteiger partial charge in [-0.3, -0.25) is 19.6 Å². The second kappa shape index (κ2) is 15.6. The summed E-state index contributed by atoms with van der Waals surface area (Å²) in [6.07, 6.45) is 9.79. The lowest BCUT2D eigenvalue weighted by Crippen LogP contribution is -2.54. The van der Waals surface area contributed by atoms with Gasteiger partial charge < -0.3 is 20.2 Å². The van der Waals surface area contributed by atoms with Gasteiger partial charge in [0.25, 0.3) is 5.91 Å². The molecule has 4 heterocycles. The molecule has 2 N–H and O–H groups in total. The van der Waals surface area contributed by atoms with E-state index in [1.54, 1.807) is 41.6 Å². The largest absolute Gasteiger partial charge is 0.385 e. The van der Waals surface area contributed by atoms with Crippen LogP contribution in [0.2, 0.25) is 5.02 Å². The van der Waals surface area contributed by atoms with Crippen LogP contribution in [0.5, 0.6) is 0 Å². The molecule has 2 aromatic carbocycles. The van der Waals surface area contributed by atoms with Gasteiger partial charge in [-0.25, -0.2) is 4.39 Å². The number of halogens is 2. The molecule has 2 unspecified atom stereocenters. The molecule has 6 rings (SSSR count). The van der Waals surface area contributed by atoms with E-state index in [-0.39, 0.29) is 24.2 Å². The first kappa shape index (κ1) is 34.7. The van der Waals surface area contributed by atoms with E-state index in [1.807, 2.05) is 42.5 Å². The third-order valence-electron chi connectivity index (χ3n) is 10.2. The highest BCUT2D eigenvalue weighted by Crippen LogP contribution is 2.37. The van der Waals surface area contributed by atoms with Crippen LogP contribution in [0.3, 0.4) is 0 Å². The van der Waals surface area contributed by atoms with Crippen molar-refractivity contribution in [2.75, 3.05) is 32.7 Å². The van der Waals surface area contributed by atoms with Crippen molar-refractivity contribution in [2.24, 2.45) is 0 Å². The first-order valence-electron chi connectivity index (χ1n) is 17.1. The van der Waals surface area contributed by atoms with Crippen LogP contribution >= 0.6 is 11.6 Å². The Balaban J connectivity index is 1.20. The van der Waals surface area contributed by atoms with Crippen LogP contribution in [0.1, 0.15) is 72.1 Å². The third kappa shape index (κ3) is 8.01. The molecule has 49 heavy (non-hydrogen) atoms. The number of piperidine rings is 2. The average Bonchev–Trinajstić information content (AvgIpc) is 3.15. The summed E-state index contributed by atoms with van der Waals surface area (Å²) in [6.45, 7) is 3.00. The monoisotopic (exact) mass is 683 g/mol. The lowest BCUT2D eigenvalue weighted by molar-refractivity contribution is -0.126. The van der Waals surface area contributed by atoms with Crippen LogP contribution in [0.15, 0.2) is 97.5 Å². The van der Waals surface area contributed by atoms with Crippen molar-refractivity contribution < 1.29 is 19.1 Å². The average molecular weight is 684 g/mol. The number of aromatic nitrogens is 2. The molecule has 0 radical (unpaired) electrons. The molecule has 8 nitrogen and oxygen atoms in total. The van der Waals surface area contributed by atoms with E-state index in [2.05, 4.69) is 15.2 Å². The zero-order valence-electron chi connectivity index (χ0n) is 27.6. The normalized spacial score (nSPS) is 19.2. The van der Waals surface area contributed by atoms with E-state index in [0.717, 1.165) is 55.7 Å². The number of carbonyl (C=O) groups is 2. The number of nitrogens with zero attached hydrogens (tertiary/aromatic N) is 4. The fourth-order valence-corrected chi connectivity index (χ4v) is 7.50. The quantitative estimate of drug-likeness (QED) is 0.197. The molecular formula is C39H43ClFN5O3. The van der Waals surface area contributed by atoms with E-state index in [4.69, 9.17) is 16.6 Å². The van der Waals surface area contributed by atoms with Gasteiger partial charge in [-0.15, -0.1) is 0 Å². The van der Waals surface area contributed by atoms with Gasteiger partial charge in [0.15, 0.2) is 0 Å². The minimum Gasteiger partial charge on any atom is -0.385 e. The molecule has 2 aromatic heterocycles. The fraction of sp³-hybridized carbons (Fsp3) is 0.385. The van der Waals surface area contributed by atoms with Crippen molar-refractivity contribution in [1.82, 2.24) is 25.1 Å². The standard InChI is InChI=1S/C39H43ClFN5O3/c40-32-14-10-31(11-15-32)39(49)19-25-45(26-20-39)23-6-18-38(35-9-1-3-22-43-35,30-12-16-33(41)17-13-30)28-44-36(47)34-8-2-4-24-46(34)37(48)29-7-5-21-42-27-29/h1,3,5,7,9-17,21-22,27,34,49H,2,4,6,8,18-20,23-26,28H2,(H,44,47). The number of hydrogen-bond acceptors (Lipinski definition) is 6. The molecular weight excluding hydrogens is 641 g/mol. The molecule has 2 saturated heterocycles. The summed E-state index contributed by atoms with van der Waals surface area (Å²) < 4.78 is 14.2. The summed E-state index contributed by atoms with van der Waals surface area (Å²) >= 11 is 6.08. The number of amides is 2. The maximum Gasteiger partial charge on any atom is 0.256 e. The highest BCUT2D eigenvalue weighted by atomic mass is 35.5. The Morgan fingerprint density at radius 3 is 2.43 bits per heavy atom. The van der Waals surface area contributed by atoms with Crippen LogP contribution in [0.25, 0.3) is 0 Å². The number of likely N-dealkylation sites (tertiary alicyclic amines) is 2. The first-order chi connectivity index (χ1) is 23.8. The highest BCUT2D eigenvalue weighted by Gasteiger charge is 2.39. The number of carbonyl (C=O) groups excluding carboxylic acids is 2. The number of benzene rings is 2. The molecule has 0 aliphatic carbocycles. The summed E-state index contributed by atoms with van der Waals surface area (Å²) in [4.78, 5) is 40.3. The maximum absolute atomic E-state index is 14.2. The van der Waals surface area contributed by atoms with Crippen molar-refractivity contribution >= 4 is 23.4 Å². The topological polar surface area (TPSA) is 98.7 Å². The molecule has 2 amide bonds. The second-order valence-electron chi connectivity index (χ2n) is 13.3. The number of aliphatic hydroxyl groups is 1. The van der Waals surface area contributed by atoms with E-state index in [1.165, 1.54) is 18.3 Å². The van der Waals surface area contributed by atoms with E-state index in [9.17, 15) is 19.1 Å². The van der Waals surface area contributed by atoms with Gasteiger partial charge in [-0.05, 0) is 111 Å². The summed E-state index contributed by atoms with van der Waals surface area (Å²) in [5.41, 5.74) is 1.34. The zero-order valence-corrected chi connectivity index (χ0v) is 28.4. The van der Waals surface area contributed by atoms with Crippen LogP contribution < -0.4 is 5.32 Å². The number of nitrogens with one attached hydrogen (secondary N) is 1. The third-order valence-corrected chi connectivity index (χ3v) is 10.5. The molecule has 4 aromatic rings. The number of pyridine rings is 2. The summed E-state index contributed by atoms with van der Waals surface area (Å²) in [7, 11) is 0. The zero-order chi connectivity index (χ0) is 34.3. The second-order valence-corrected chi connectivity index (χ2v) is 13.7. The lowest BCUT2D eigenvalue weighted by atomic mass is 9.73. The van der Waals surface area contributed by atoms with Crippen LogP contribution in [-0.4, -0.2) is 75.5 Å². The van der Waals surface area contributed by atoms with Gasteiger partial charge in [0.05, 0.1) is 22.3 Å². The number of hydrogen-bond donors (Lipinski definition) is 2. The van der Waals surface area contributed by atoms with Crippen molar-refractivity contribution in [1.29, 1.82) is 0 Å².